The van der Waals surface area contributed by atoms with E-state index in [4.69, 9.17) is 10.5 Å². The van der Waals surface area contributed by atoms with Crippen LogP contribution in [0.15, 0.2) is 36.7 Å². The van der Waals surface area contributed by atoms with Gasteiger partial charge in [-0.1, -0.05) is 30.3 Å². The third-order valence-corrected chi connectivity index (χ3v) is 3.47. The number of anilines is 1. The minimum Gasteiger partial charge on any atom is -0.461 e. The van der Waals surface area contributed by atoms with Crippen LogP contribution in [0.2, 0.25) is 0 Å². The summed E-state index contributed by atoms with van der Waals surface area (Å²) in [4.78, 5) is 28.1. The van der Waals surface area contributed by atoms with Crippen molar-refractivity contribution in [1.82, 2.24) is 24.9 Å². The number of nitrogen functional groups attached to an aromatic ring is 1. The molecule has 0 saturated carbocycles. The number of hydrogen-bond donors (Lipinski definition) is 2. The lowest BCUT2D eigenvalue weighted by molar-refractivity contribution is 0.0522. The molecular weight excluding hydrogens is 324 g/mol. The van der Waals surface area contributed by atoms with Crippen LogP contribution in [0.5, 0.6) is 0 Å². The van der Waals surface area contributed by atoms with Gasteiger partial charge < -0.3 is 15.8 Å². The lowest BCUT2D eigenvalue weighted by Gasteiger charge is -2.07. The van der Waals surface area contributed by atoms with Gasteiger partial charge in [-0.25, -0.2) is 9.78 Å². The Labute approximate surface area is 142 Å². The minimum atomic E-state index is -0.625. The summed E-state index contributed by atoms with van der Waals surface area (Å²) in [5.41, 5.74) is 7.01. The van der Waals surface area contributed by atoms with E-state index in [1.54, 1.807) is 6.92 Å². The highest BCUT2D eigenvalue weighted by molar-refractivity contribution is 5.98. The van der Waals surface area contributed by atoms with Crippen molar-refractivity contribution in [2.45, 2.75) is 13.5 Å². The summed E-state index contributed by atoms with van der Waals surface area (Å²) < 4.78 is 6.23. The lowest BCUT2D eigenvalue weighted by Crippen LogP contribution is -2.26. The molecule has 3 N–H and O–H groups in total. The van der Waals surface area contributed by atoms with Crippen LogP contribution in [0.4, 0.5) is 5.82 Å². The van der Waals surface area contributed by atoms with Crippen molar-refractivity contribution >= 4 is 23.3 Å². The smallest absolute Gasteiger partial charge is 0.360 e. The van der Waals surface area contributed by atoms with Gasteiger partial charge in [0, 0.05) is 6.54 Å². The molecule has 0 saturated heterocycles. The predicted molar refractivity (Wildman–Crippen MR) is 88.8 cm³/mol. The van der Waals surface area contributed by atoms with Crippen LogP contribution < -0.4 is 11.1 Å². The number of imidazole rings is 1. The number of nitrogens with zero attached hydrogens (tertiary/aromatic N) is 4. The maximum absolute atomic E-state index is 12.3. The second-order valence-electron chi connectivity index (χ2n) is 5.11. The van der Waals surface area contributed by atoms with E-state index < -0.39 is 11.9 Å². The molecule has 1 aromatic carbocycles. The Kier molecular flexibility index (Phi) is 4.55. The molecule has 0 radical (unpaired) electrons. The van der Waals surface area contributed by atoms with Gasteiger partial charge in [-0.15, -0.1) is 10.2 Å². The van der Waals surface area contributed by atoms with Crippen molar-refractivity contribution in [2.24, 2.45) is 0 Å². The van der Waals surface area contributed by atoms with E-state index in [0.29, 0.717) is 6.54 Å². The van der Waals surface area contributed by atoms with E-state index in [-0.39, 0.29) is 29.5 Å². The van der Waals surface area contributed by atoms with Crippen LogP contribution in [0.1, 0.15) is 33.5 Å². The molecule has 1 amide bonds. The fourth-order valence-corrected chi connectivity index (χ4v) is 2.24. The Bertz CT molecular complexity index is 922. The highest BCUT2D eigenvalue weighted by Gasteiger charge is 2.21. The average Bonchev–Trinajstić information content (AvgIpc) is 3.06. The van der Waals surface area contributed by atoms with Gasteiger partial charge in [0.05, 0.1) is 6.61 Å². The van der Waals surface area contributed by atoms with Crippen molar-refractivity contribution in [3.63, 3.8) is 0 Å². The molecule has 128 valence electrons. The van der Waals surface area contributed by atoms with Gasteiger partial charge in [0.25, 0.3) is 5.91 Å². The molecule has 25 heavy (non-hydrogen) atoms. The van der Waals surface area contributed by atoms with Gasteiger partial charge in [-0.2, -0.15) is 0 Å². The molecular formula is C16H16N6O3. The summed E-state index contributed by atoms with van der Waals surface area (Å²) in [7, 11) is 0. The zero-order chi connectivity index (χ0) is 17.8. The second kappa shape index (κ2) is 6.95. The molecule has 0 fully saturated rings. The third-order valence-electron chi connectivity index (χ3n) is 3.47. The van der Waals surface area contributed by atoms with E-state index in [9.17, 15) is 9.59 Å². The van der Waals surface area contributed by atoms with Crippen LogP contribution >= 0.6 is 0 Å². The summed E-state index contributed by atoms with van der Waals surface area (Å²) in [6.07, 6.45) is 1.31. The van der Waals surface area contributed by atoms with Gasteiger partial charge in [0.2, 0.25) is 0 Å². The first-order valence-corrected chi connectivity index (χ1v) is 7.60. The Morgan fingerprint density at radius 1 is 1.20 bits per heavy atom. The molecule has 0 spiro atoms. The van der Waals surface area contributed by atoms with Gasteiger partial charge in [-0.3, -0.25) is 9.20 Å². The zero-order valence-corrected chi connectivity index (χ0v) is 13.5. The molecule has 2 aromatic heterocycles. The highest BCUT2D eigenvalue weighted by Crippen LogP contribution is 2.14. The normalized spacial score (nSPS) is 10.6. The van der Waals surface area contributed by atoms with Crippen molar-refractivity contribution in [2.75, 3.05) is 12.3 Å². The second-order valence-corrected chi connectivity index (χ2v) is 5.11. The quantitative estimate of drug-likeness (QED) is 0.659. The van der Waals surface area contributed by atoms with Gasteiger partial charge in [0.15, 0.2) is 17.0 Å². The summed E-state index contributed by atoms with van der Waals surface area (Å²) in [5, 5.41) is 10.5. The number of carbonyl (C=O) groups excluding carboxylic acids is 2. The molecule has 0 atom stereocenters. The van der Waals surface area contributed by atoms with Gasteiger partial charge in [0.1, 0.15) is 12.1 Å². The topological polar surface area (TPSA) is 124 Å². The summed E-state index contributed by atoms with van der Waals surface area (Å²) >= 11 is 0. The molecule has 0 aliphatic rings. The van der Waals surface area contributed by atoms with Crippen molar-refractivity contribution in [1.29, 1.82) is 0 Å². The Morgan fingerprint density at radius 2 is 1.96 bits per heavy atom. The number of esters is 1. The number of aromatic nitrogens is 4. The maximum atomic E-state index is 12.3. The van der Waals surface area contributed by atoms with E-state index >= 15 is 0 Å². The maximum Gasteiger partial charge on any atom is 0.360 e. The molecule has 0 bridgehead atoms. The number of benzene rings is 1. The SMILES string of the molecule is CCOC(=O)c1ncn2c(N)c(C(=O)NCc3ccccc3)nnc12. The largest absolute Gasteiger partial charge is 0.461 e. The first-order chi connectivity index (χ1) is 12.1. The van der Waals surface area contributed by atoms with Crippen LogP contribution in [0, 0.1) is 0 Å². The minimum absolute atomic E-state index is 0.00251. The van der Waals surface area contributed by atoms with Crippen LogP contribution in [-0.2, 0) is 11.3 Å². The molecule has 0 aliphatic carbocycles. The summed E-state index contributed by atoms with van der Waals surface area (Å²) in [5.74, 6) is -1.05. The summed E-state index contributed by atoms with van der Waals surface area (Å²) in [6, 6.07) is 9.43. The van der Waals surface area contributed by atoms with Crippen LogP contribution in [0.25, 0.3) is 5.65 Å². The van der Waals surface area contributed by atoms with E-state index in [1.807, 2.05) is 30.3 Å². The lowest BCUT2D eigenvalue weighted by atomic mass is 10.2. The molecule has 9 heteroatoms. The number of ether oxygens (including phenoxy) is 1. The standard InChI is InChI=1S/C16H16N6O3/c1-2-25-16(24)12-14-21-20-11(13(17)22(14)9-19-12)15(23)18-8-10-6-4-3-5-7-10/h3-7,9H,2,8,17H2,1H3,(H,18,23). The number of nitrogens with two attached hydrogens (primary N) is 1. The molecule has 2 heterocycles. The highest BCUT2D eigenvalue weighted by atomic mass is 16.5. The first kappa shape index (κ1) is 16.4. The van der Waals surface area contributed by atoms with Crippen molar-refractivity contribution < 1.29 is 14.3 Å². The molecule has 0 aliphatic heterocycles. The Hall–Kier alpha value is -3.49. The van der Waals surface area contributed by atoms with E-state index in [0.717, 1.165) is 5.56 Å². The average molecular weight is 340 g/mol. The zero-order valence-electron chi connectivity index (χ0n) is 13.5. The van der Waals surface area contributed by atoms with Gasteiger partial charge in [-0.05, 0) is 12.5 Å². The third kappa shape index (κ3) is 3.25. The number of amides is 1. The van der Waals surface area contributed by atoms with Crippen molar-refractivity contribution in [3.05, 3.63) is 53.6 Å². The Morgan fingerprint density at radius 3 is 2.68 bits per heavy atom. The number of nitrogens with one attached hydrogen (secondary N) is 1. The molecule has 3 rings (SSSR count). The molecule has 0 unspecified atom stereocenters. The summed E-state index contributed by atoms with van der Waals surface area (Å²) in [6.45, 7) is 2.23. The molecule has 9 nitrogen and oxygen atoms in total. The van der Waals surface area contributed by atoms with E-state index in [2.05, 4.69) is 20.5 Å². The fraction of sp³-hybridized carbons (Fsp3) is 0.188. The van der Waals surface area contributed by atoms with E-state index in [1.165, 1.54) is 10.7 Å². The van der Waals surface area contributed by atoms with Crippen LogP contribution in [-0.4, -0.2) is 38.1 Å². The monoisotopic (exact) mass is 340 g/mol. The van der Waals surface area contributed by atoms with Gasteiger partial charge >= 0.3 is 5.97 Å². The molecule has 3 aromatic rings. The predicted octanol–water partition coefficient (Wildman–Crippen LogP) is 0.813. The van der Waals surface area contributed by atoms with Crippen molar-refractivity contribution in [3.8, 4) is 0 Å². The number of fused-ring (bicyclic) bond motifs is 1. The Balaban J connectivity index is 1.84. The first-order valence-electron chi connectivity index (χ1n) is 7.60. The number of hydrogen-bond acceptors (Lipinski definition) is 7. The van der Waals surface area contributed by atoms with Crippen LogP contribution in [0.3, 0.4) is 0 Å². The number of rotatable bonds is 5. The fourth-order valence-electron chi connectivity index (χ4n) is 2.24. The number of carbonyl (C=O) groups is 2.